The van der Waals surface area contributed by atoms with E-state index >= 15 is 0 Å². The van der Waals surface area contributed by atoms with Crippen LogP contribution in [0.1, 0.15) is 322 Å². The van der Waals surface area contributed by atoms with E-state index in [1.165, 1.54) is 199 Å². The van der Waals surface area contributed by atoms with Crippen LogP contribution in [0.15, 0.2) is 97.2 Å². The first-order valence-electron chi connectivity index (χ1n) is 34.7. The average Bonchev–Trinajstić information content (AvgIpc) is 3.49. The van der Waals surface area contributed by atoms with Crippen molar-refractivity contribution in [3.63, 3.8) is 0 Å². The summed E-state index contributed by atoms with van der Waals surface area (Å²) in [5.74, 6) is -0.833. The van der Waals surface area contributed by atoms with Gasteiger partial charge < -0.3 is 20.1 Å². The van der Waals surface area contributed by atoms with Gasteiger partial charge in [-0.25, -0.2) is 4.57 Å². The highest BCUT2D eigenvalue weighted by Gasteiger charge is 2.26. The fourth-order valence-electron chi connectivity index (χ4n) is 9.85. The number of nitrogens with two attached hydrogens (primary N) is 1. The van der Waals surface area contributed by atoms with Crippen LogP contribution in [0.25, 0.3) is 0 Å². The van der Waals surface area contributed by atoms with Crippen LogP contribution in [-0.2, 0) is 32.7 Å². The minimum absolute atomic E-state index is 0.0481. The van der Waals surface area contributed by atoms with Crippen LogP contribution >= 0.6 is 7.82 Å². The molecule has 0 aliphatic heterocycles. The van der Waals surface area contributed by atoms with Gasteiger partial charge in [-0.1, -0.05) is 310 Å². The van der Waals surface area contributed by atoms with Crippen LogP contribution in [0.2, 0.25) is 0 Å². The average molecular weight is 1180 g/mol. The minimum atomic E-state index is -4.40. The molecule has 0 aromatic rings. The molecule has 0 heterocycles. The molecule has 10 heteroatoms. The van der Waals surface area contributed by atoms with Gasteiger partial charge >= 0.3 is 19.8 Å². The summed E-state index contributed by atoms with van der Waals surface area (Å²) in [4.78, 5) is 35.3. The second-order valence-electron chi connectivity index (χ2n) is 23.0. The Labute approximate surface area is 512 Å². The first-order valence-corrected chi connectivity index (χ1v) is 36.2. The Balaban J connectivity index is 3.90. The number of unbranched alkanes of at least 4 members (excludes halogenated alkanes) is 36. The molecule has 0 amide bonds. The van der Waals surface area contributed by atoms with Crippen LogP contribution < -0.4 is 5.73 Å². The molecule has 480 valence electrons. The van der Waals surface area contributed by atoms with Gasteiger partial charge in [0.15, 0.2) is 6.10 Å². The normalized spacial score (nSPS) is 13.5. The molecule has 0 saturated carbocycles. The quantitative estimate of drug-likeness (QED) is 0.0264. The van der Waals surface area contributed by atoms with Crippen molar-refractivity contribution in [2.75, 3.05) is 26.4 Å². The number of ether oxygens (including phenoxy) is 2. The summed E-state index contributed by atoms with van der Waals surface area (Å²) >= 11 is 0. The maximum absolute atomic E-state index is 12.8. The van der Waals surface area contributed by atoms with Crippen LogP contribution in [0.4, 0.5) is 0 Å². The zero-order valence-electron chi connectivity index (χ0n) is 53.9. The standard InChI is InChI=1S/C73H130NO8P/c1-3-5-7-9-11-13-15-17-19-21-23-25-27-29-31-33-34-35-36-38-39-41-43-45-47-49-51-53-55-57-59-61-63-65-72(75)79-69-71(70-81-83(77,78)80-68-67-74)82-73(76)66-64-62-60-58-56-54-52-50-48-46-44-42-40-37-32-30-28-26-24-22-20-18-16-14-12-10-8-6-4-2/h6,8,12,14,18,20-21,23-24,26,30,32,40,42,46,48,71H,3-5,7,9-11,13,15-17,19,22,25,27-29,31,33-39,41,43-45,47,49-70,74H2,1-2H3,(H,77,78)/b8-6-,14-12-,20-18-,23-21-,26-24-,32-30-,42-40-,48-46-. The molecule has 0 spiro atoms. The molecule has 0 bridgehead atoms. The van der Waals surface area contributed by atoms with Crippen LogP contribution in [0.5, 0.6) is 0 Å². The molecule has 2 atom stereocenters. The molecular weight excluding hydrogens is 1050 g/mol. The number of phosphoric acid groups is 1. The zero-order valence-corrected chi connectivity index (χ0v) is 54.8. The van der Waals surface area contributed by atoms with Gasteiger partial charge in [0.2, 0.25) is 0 Å². The lowest BCUT2D eigenvalue weighted by atomic mass is 10.0. The summed E-state index contributed by atoms with van der Waals surface area (Å²) in [7, 11) is -4.40. The summed E-state index contributed by atoms with van der Waals surface area (Å²) < 4.78 is 33.2. The summed E-state index contributed by atoms with van der Waals surface area (Å²) in [6.07, 6.45) is 92.2. The van der Waals surface area contributed by atoms with Crippen molar-refractivity contribution in [1.29, 1.82) is 0 Å². The number of carbonyl (C=O) groups is 2. The van der Waals surface area contributed by atoms with E-state index in [-0.39, 0.29) is 38.6 Å². The molecule has 3 N–H and O–H groups in total. The van der Waals surface area contributed by atoms with Gasteiger partial charge in [-0.15, -0.1) is 0 Å². The second kappa shape index (κ2) is 68.0. The maximum atomic E-state index is 12.8. The lowest BCUT2D eigenvalue weighted by Gasteiger charge is -2.19. The smallest absolute Gasteiger partial charge is 0.462 e. The fraction of sp³-hybridized carbons (Fsp3) is 0.753. The van der Waals surface area contributed by atoms with E-state index in [9.17, 15) is 19.0 Å². The molecule has 0 aromatic carbocycles. The SMILES string of the molecule is CC/C=C\C/C=C\C/C=C\C/C=C\C/C=C\C/C=C\C/C=C\CCCCCCCCCC(=O)OC(COC(=O)CCCCCCCCCCCCCCCCCCCCCCC/C=C\CCCCCCCCCC)COP(=O)(O)OCCN. The third-order valence-electron chi connectivity index (χ3n) is 15.0. The van der Waals surface area contributed by atoms with Gasteiger partial charge in [0.1, 0.15) is 6.61 Å². The van der Waals surface area contributed by atoms with Gasteiger partial charge in [0, 0.05) is 19.4 Å². The van der Waals surface area contributed by atoms with E-state index < -0.39 is 26.5 Å². The van der Waals surface area contributed by atoms with Crippen molar-refractivity contribution in [2.24, 2.45) is 5.73 Å². The van der Waals surface area contributed by atoms with Crippen LogP contribution in [0, 0.1) is 0 Å². The topological polar surface area (TPSA) is 134 Å². The molecule has 0 rings (SSSR count). The summed E-state index contributed by atoms with van der Waals surface area (Å²) in [5.41, 5.74) is 5.40. The Morgan fingerprint density at radius 1 is 0.373 bits per heavy atom. The van der Waals surface area contributed by atoms with Crippen molar-refractivity contribution >= 4 is 19.8 Å². The van der Waals surface area contributed by atoms with Gasteiger partial charge in [0.05, 0.1) is 13.2 Å². The van der Waals surface area contributed by atoms with E-state index in [0.717, 1.165) is 89.9 Å². The number of esters is 2. The second-order valence-corrected chi connectivity index (χ2v) is 24.5. The van der Waals surface area contributed by atoms with Crippen molar-refractivity contribution in [3.8, 4) is 0 Å². The lowest BCUT2D eigenvalue weighted by Crippen LogP contribution is -2.29. The predicted octanol–water partition coefficient (Wildman–Crippen LogP) is 22.7. The Morgan fingerprint density at radius 3 is 1.00 bits per heavy atom. The molecule has 2 unspecified atom stereocenters. The molecule has 0 saturated heterocycles. The fourth-order valence-corrected chi connectivity index (χ4v) is 10.6. The molecule has 83 heavy (non-hydrogen) atoms. The van der Waals surface area contributed by atoms with Crippen molar-refractivity contribution < 1.29 is 37.6 Å². The van der Waals surface area contributed by atoms with Crippen LogP contribution in [-0.4, -0.2) is 49.3 Å². The Bertz CT molecular complexity index is 1680. The predicted molar refractivity (Wildman–Crippen MR) is 358 cm³/mol. The van der Waals surface area contributed by atoms with Gasteiger partial charge in [-0.05, 0) is 96.3 Å². The van der Waals surface area contributed by atoms with Gasteiger partial charge in [-0.2, -0.15) is 0 Å². The largest absolute Gasteiger partial charge is 0.472 e. The Hall–Kier alpha value is -3.07. The van der Waals surface area contributed by atoms with Gasteiger partial charge in [-0.3, -0.25) is 18.6 Å². The van der Waals surface area contributed by atoms with E-state index in [1.54, 1.807) is 0 Å². The van der Waals surface area contributed by atoms with Crippen molar-refractivity contribution in [1.82, 2.24) is 0 Å². The summed E-state index contributed by atoms with van der Waals surface area (Å²) in [6.45, 7) is 3.65. The monoisotopic (exact) mass is 1180 g/mol. The lowest BCUT2D eigenvalue weighted by molar-refractivity contribution is -0.161. The number of phosphoric ester groups is 1. The summed E-state index contributed by atoms with van der Waals surface area (Å²) in [5, 5.41) is 0. The number of hydrogen-bond acceptors (Lipinski definition) is 8. The third kappa shape index (κ3) is 67.9. The Kier molecular flexibility index (Phi) is 65.5. The zero-order chi connectivity index (χ0) is 60.1. The van der Waals surface area contributed by atoms with E-state index in [1.807, 2.05) is 0 Å². The van der Waals surface area contributed by atoms with Gasteiger partial charge in [0.25, 0.3) is 0 Å². The highest BCUT2D eigenvalue weighted by Crippen LogP contribution is 2.43. The van der Waals surface area contributed by atoms with E-state index in [2.05, 4.69) is 111 Å². The van der Waals surface area contributed by atoms with E-state index in [0.29, 0.717) is 6.42 Å². The van der Waals surface area contributed by atoms with Crippen molar-refractivity contribution in [3.05, 3.63) is 97.2 Å². The summed E-state index contributed by atoms with van der Waals surface area (Å²) in [6, 6.07) is 0. The first kappa shape index (κ1) is 79.9. The molecule has 0 aliphatic carbocycles. The van der Waals surface area contributed by atoms with Crippen LogP contribution in [0.3, 0.4) is 0 Å². The van der Waals surface area contributed by atoms with Crippen molar-refractivity contribution in [2.45, 2.75) is 328 Å². The minimum Gasteiger partial charge on any atom is -0.462 e. The van der Waals surface area contributed by atoms with E-state index in [4.69, 9.17) is 24.3 Å². The molecule has 9 nitrogen and oxygen atoms in total. The Morgan fingerprint density at radius 2 is 0.663 bits per heavy atom. The molecule has 0 aliphatic rings. The molecule has 0 aromatic heterocycles. The number of allylic oxidation sites excluding steroid dienone is 16. The number of carbonyl (C=O) groups excluding carboxylic acids is 2. The number of rotatable bonds is 65. The first-order chi connectivity index (χ1) is 40.8. The molecule has 0 fully saturated rings. The third-order valence-corrected chi connectivity index (χ3v) is 15.9. The molecular formula is C73H130NO8P. The highest BCUT2D eigenvalue weighted by molar-refractivity contribution is 7.47. The number of hydrogen-bond donors (Lipinski definition) is 2. The maximum Gasteiger partial charge on any atom is 0.472 e. The molecule has 0 radical (unpaired) electrons. The highest BCUT2D eigenvalue weighted by atomic mass is 31.2.